The molecule has 8 heteroatoms. The highest BCUT2D eigenvalue weighted by Gasteiger charge is 2.26. The maximum atomic E-state index is 11.9. The number of rotatable bonds is 5. The van der Waals surface area contributed by atoms with Crippen molar-refractivity contribution in [3.63, 3.8) is 0 Å². The second-order valence-corrected chi connectivity index (χ2v) is 6.77. The van der Waals surface area contributed by atoms with Gasteiger partial charge < -0.3 is 10.4 Å². The largest absolute Gasteiger partial charge is 0.386 e. The second-order valence-electron chi connectivity index (χ2n) is 5.91. The zero-order valence-corrected chi connectivity index (χ0v) is 14.3. The van der Waals surface area contributed by atoms with Gasteiger partial charge in [0.15, 0.2) is 5.13 Å². The van der Waals surface area contributed by atoms with Crippen LogP contribution >= 0.6 is 11.3 Å². The molecule has 2 heterocycles. The van der Waals surface area contributed by atoms with E-state index in [2.05, 4.69) is 20.7 Å². The first-order valence-corrected chi connectivity index (χ1v) is 8.52. The molecule has 0 aromatic carbocycles. The van der Waals surface area contributed by atoms with Gasteiger partial charge in [0, 0.05) is 36.1 Å². The molecule has 1 atom stereocenters. The SMILES string of the molecule is Cc1nn(C)c(C)c1C(O)CNC(=O)Nc1nc(C2CC2)cs1. The van der Waals surface area contributed by atoms with E-state index in [-0.39, 0.29) is 12.6 Å². The summed E-state index contributed by atoms with van der Waals surface area (Å²) in [5.41, 5.74) is 3.49. The minimum absolute atomic E-state index is 0.125. The summed E-state index contributed by atoms with van der Waals surface area (Å²) in [6.07, 6.45) is 1.59. The number of nitrogens with zero attached hydrogens (tertiary/aromatic N) is 3. The van der Waals surface area contributed by atoms with Gasteiger partial charge >= 0.3 is 6.03 Å². The van der Waals surface area contributed by atoms with E-state index in [1.54, 1.807) is 4.68 Å². The number of hydrogen-bond acceptors (Lipinski definition) is 5. The number of amides is 2. The Morgan fingerprint density at radius 1 is 1.52 bits per heavy atom. The van der Waals surface area contributed by atoms with Crippen molar-refractivity contribution in [1.82, 2.24) is 20.1 Å². The summed E-state index contributed by atoms with van der Waals surface area (Å²) in [6.45, 7) is 3.87. The molecule has 1 aliphatic rings. The molecule has 0 bridgehead atoms. The molecule has 1 fully saturated rings. The summed E-state index contributed by atoms with van der Waals surface area (Å²) >= 11 is 1.43. The molecule has 124 valence electrons. The molecule has 0 radical (unpaired) electrons. The van der Waals surface area contributed by atoms with Crippen LogP contribution in [-0.2, 0) is 7.05 Å². The highest BCUT2D eigenvalue weighted by molar-refractivity contribution is 7.13. The first-order chi connectivity index (χ1) is 11.0. The fraction of sp³-hybridized carbons (Fsp3) is 0.533. The Kier molecular flexibility index (Phi) is 4.36. The molecule has 2 aromatic heterocycles. The standard InChI is InChI=1S/C15H21N5O2S/c1-8-13(9(2)20(3)19-8)12(21)6-16-14(22)18-15-17-11(7-23-15)10-4-5-10/h7,10,12,21H,4-6H2,1-3H3,(H2,16,17,18,22). The van der Waals surface area contributed by atoms with Crippen LogP contribution in [0.3, 0.4) is 0 Å². The Balaban J connectivity index is 1.53. The van der Waals surface area contributed by atoms with Gasteiger partial charge in [0.1, 0.15) is 0 Å². The van der Waals surface area contributed by atoms with Crippen molar-refractivity contribution in [2.45, 2.75) is 38.7 Å². The zero-order chi connectivity index (χ0) is 16.6. The number of aliphatic hydroxyl groups excluding tert-OH is 1. The van der Waals surface area contributed by atoms with E-state index in [1.165, 1.54) is 24.2 Å². The monoisotopic (exact) mass is 335 g/mol. The average molecular weight is 335 g/mol. The Bertz CT molecular complexity index is 720. The highest BCUT2D eigenvalue weighted by atomic mass is 32.1. The second kappa shape index (κ2) is 6.29. The topological polar surface area (TPSA) is 92.1 Å². The van der Waals surface area contributed by atoms with Crippen LogP contribution in [0.25, 0.3) is 0 Å². The van der Waals surface area contributed by atoms with Gasteiger partial charge in [-0.1, -0.05) is 0 Å². The van der Waals surface area contributed by atoms with Gasteiger partial charge in [-0.2, -0.15) is 5.10 Å². The van der Waals surface area contributed by atoms with Crippen molar-refractivity contribution >= 4 is 22.5 Å². The molecule has 1 unspecified atom stereocenters. The predicted molar refractivity (Wildman–Crippen MR) is 88.8 cm³/mol. The van der Waals surface area contributed by atoms with Crippen LogP contribution in [0.2, 0.25) is 0 Å². The quantitative estimate of drug-likeness (QED) is 0.781. The van der Waals surface area contributed by atoms with Crippen molar-refractivity contribution in [3.05, 3.63) is 28.0 Å². The van der Waals surface area contributed by atoms with E-state index in [9.17, 15) is 9.90 Å². The minimum atomic E-state index is -0.784. The number of nitrogens with one attached hydrogen (secondary N) is 2. The number of thiazole rings is 1. The summed E-state index contributed by atoms with van der Waals surface area (Å²) in [7, 11) is 1.83. The Morgan fingerprint density at radius 2 is 2.26 bits per heavy atom. The molecule has 7 nitrogen and oxygen atoms in total. The molecule has 1 aliphatic carbocycles. The number of carbonyl (C=O) groups excluding carboxylic acids is 1. The third-order valence-electron chi connectivity index (χ3n) is 4.09. The number of anilines is 1. The van der Waals surface area contributed by atoms with Gasteiger partial charge in [-0.3, -0.25) is 10.00 Å². The van der Waals surface area contributed by atoms with Gasteiger partial charge in [-0.05, 0) is 26.7 Å². The summed E-state index contributed by atoms with van der Waals surface area (Å²) < 4.78 is 1.73. The van der Waals surface area contributed by atoms with Crippen molar-refractivity contribution in [2.75, 3.05) is 11.9 Å². The highest BCUT2D eigenvalue weighted by Crippen LogP contribution is 2.40. The molecule has 2 amide bonds. The van der Waals surface area contributed by atoms with E-state index in [0.29, 0.717) is 11.0 Å². The molecule has 3 N–H and O–H groups in total. The van der Waals surface area contributed by atoms with E-state index in [0.717, 1.165) is 22.6 Å². The van der Waals surface area contributed by atoms with E-state index in [1.807, 2.05) is 26.3 Å². The lowest BCUT2D eigenvalue weighted by atomic mass is 10.1. The van der Waals surface area contributed by atoms with E-state index < -0.39 is 6.10 Å². The third kappa shape index (κ3) is 3.53. The maximum absolute atomic E-state index is 11.9. The number of urea groups is 1. The maximum Gasteiger partial charge on any atom is 0.321 e. The molecule has 0 spiro atoms. The van der Waals surface area contributed by atoms with Crippen LogP contribution in [-0.4, -0.2) is 32.4 Å². The number of aryl methyl sites for hydroxylation is 2. The Morgan fingerprint density at radius 3 is 2.87 bits per heavy atom. The number of carbonyl (C=O) groups is 1. The number of aromatic nitrogens is 3. The van der Waals surface area contributed by atoms with Gasteiger partial charge in [-0.25, -0.2) is 9.78 Å². The summed E-state index contributed by atoms with van der Waals surface area (Å²) in [5.74, 6) is 0.572. The van der Waals surface area contributed by atoms with E-state index >= 15 is 0 Å². The van der Waals surface area contributed by atoms with Crippen LogP contribution in [0.15, 0.2) is 5.38 Å². The summed E-state index contributed by atoms with van der Waals surface area (Å²) in [6, 6.07) is -0.361. The molecule has 3 rings (SSSR count). The first-order valence-electron chi connectivity index (χ1n) is 7.64. The normalized spacial score (nSPS) is 15.5. The van der Waals surface area contributed by atoms with Crippen molar-refractivity contribution in [1.29, 1.82) is 0 Å². The van der Waals surface area contributed by atoms with Crippen LogP contribution in [0.5, 0.6) is 0 Å². The number of aliphatic hydroxyl groups is 1. The molecular weight excluding hydrogens is 314 g/mol. The van der Waals surface area contributed by atoms with Gasteiger partial charge in [-0.15, -0.1) is 11.3 Å². The number of hydrogen-bond donors (Lipinski definition) is 3. The average Bonchev–Trinajstić information content (AvgIpc) is 3.19. The van der Waals surface area contributed by atoms with Crippen molar-refractivity contribution in [3.8, 4) is 0 Å². The fourth-order valence-electron chi connectivity index (χ4n) is 2.62. The summed E-state index contributed by atoms with van der Waals surface area (Å²) in [5, 5.41) is 22.5. The smallest absolute Gasteiger partial charge is 0.321 e. The minimum Gasteiger partial charge on any atom is -0.386 e. The molecule has 0 aliphatic heterocycles. The lowest BCUT2D eigenvalue weighted by Crippen LogP contribution is -2.32. The third-order valence-corrected chi connectivity index (χ3v) is 4.87. The van der Waals surface area contributed by atoms with Crippen LogP contribution in [0, 0.1) is 13.8 Å². The van der Waals surface area contributed by atoms with Crippen LogP contribution in [0.4, 0.5) is 9.93 Å². The van der Waals surface area contributed by atoms with Gasteiger partial charge in [0.2, 0.25) is 0 Å². The summed E-state index contributed by atoms with van der Waals surface area (Å²) in [4.78, 5) is 16.3. The molecular formula is C15H21N5O2S. The Labute approximate surface area is 138 Å². The Hall–Kier alpha value is -1.93. The van der Waals surface area contributed by atoms with Crippen molar-refractivity contribution in [2.24, 2.45) is 7.05 Å². The molecule has 0 saturated heterocycles. The van der Waals surface area contributed by atoms with Gasteiger partial charge in [0.25, 0.3) is 0 Å². The van der Waals surface area contributed by atoms with Crippen LogP contribution in [0.1, 0.15) is 47.5 Å². The lowest BCUT2D eigenvalue weighted by Gasteiger charge is -2.12. The van der Waals surface area contributed by atoms with E-state index in [4.69, 9.17) is 0 Å². The van der Waals surface area contributed by atoms with Gasteiger partial charge in [0.05, 0.1) is 17.5 Å². The lowest BCUT2D eigenvalue weighted by molar-refractivity contribution is 0.173. The molecule has 1 saturated carbocycles. The first kappa shape index (κ1) is 15.9. The van der Waals surface area contributed by atoms with Crippen molar-refractivity contribution < 1.29 is 9.90 Å². The molecule has 23 heavy (non-hydrogen) atoms. The predicted octanol–water partition coefficient (Wildman–Crippen LogP) is 2.23. The zero-order valence-electron chi connectivity index (χ0n) is 13.5. The fourth-order valence-corrected chi connectivity index (χ4v) is 3.40. The van der Waals surface area contributed by atoms with Crippen LogP contribution < -0.4 is 10.6 Å². The molecule has 2 aromatic rings.